The van der Waals surface area contributed by atoms with Gasteiger partial charge < -0.3 is 4.52 Å². The normalized spacial score (nSPS) is 10.6. The van der Waals surface area contributed by atoms with Crippen LogP contribution in [0.25, 0.3) is 22.8 Å². The minimum absolute atomic E-state index is 0.105. The molecule has 0 aliphatic carbocycles. The fourth-order valence-electron chi connectivity index (χ4n) is 1.84. The number of benzene rings is 2. The SMILES string of the molecule is O=[N+]([O-])c1ccc(-c2nc(-c3ccc(Cl)cc3)no2)c(Cl)c1. The molecule has 0 bridgehead atoms. The van der Waals surface area contributed by atoms with Crippen LogP contribution in [0.3, 0.4) is 0 Å². The first-order chi connectivity index (χ1) is 10.5. The largest absolute Gasteiger partial charge is 0.334 e. The van der Waals surface area contributed by atoms with Gasteiger partial charge in [0.15, 0.2) is 0 Å². The summed E-state index contributed by atoms with van der Waals surface area (Å²) in [5, 5.41) is 15.3. The van der Waals surface area contributed by atoms with Gasteiger partial charge >= 0.3 is 0 Å². The molecule has 0 spiro atoms. The molecule has 1 aromatic heterocycles. The summed E-state index contributed by atoms with van der Waals surface area (Å²) in [5.74, 6) is 0.561. The van der Waals surface area contributed by atoms with Crippen LogP contribution in [0.4, 0.5) is 5.69 Å². The molecule has 0 saturated carbocycles. The van der Waals surface area contributed by atoms with E-state index in [0.717, 1.165) is 5.56 Å². The van der Waals surface area contributed by atoms with Gasteiger partial charge in [-0.1, -0.05) is 28.4 Å². The van der Waals surface area contributed by atoms with Crippen LogP contribution in [0.15, 0.2) is 47.0 Å². The van der Waals surface area contributed by atoms with Crippen molar-refractivity contribution in [2.75, 3.05) is 0 Å². The number of hydrogen-bond acceptors (Lipinski definition) is 5. The van der Waals surface area contributed by atoms with E-state index in [1.807, 2.05) is 0 Å². The predicted molar refractivity (Wildman–Crippen MR) is 81.8 cm³/mol. The van der Waals surface area contributed by atoms with Crippen molar-refractivity contribution in [1.29, 1.82) is 0 Å². The van der Waals surface area contributed by atoms with Gasteiger partial charge in [-0.2, -0.15) is 4.98 Å². The molecule has 0 N–H and O–H groups in total. The van der Waals surface area contributed by atoms with Gasteiger partial charge in [0.1, 0.15) is 0 Å². The van der Waals surface area contributed by atoms with Gasteiger partial charge in [0, 0.05) is 22.7 Å². The minimum atomic E-state index is -0.525. The second-order valence-electron chi connectivity index (χ2n) is 4.35. The quantitative estimate of drug-likeness (QED) is 0.515. The highest BCUT2D eigenvalue weighted by atomic mass is 35.5. The maximum atomic E-state index is 10.7. The van der Waals surface area contributed by atoms with Gasteiger partial charge in [0.2, 0.25) is 5.82 Å². The zero-order valence-corrected chi connectivity index (χ0v) is 12.4. The van der Waals surface area contributed by atoms with Gasteiger partial charge in [-0.05, 0) is 30.3 Å². The molecule has 0 radical (unpaired) electrons. The topological polar surface area (TPSA) is 82.1 Å². The number of halogens is 2. The predicted octanol–water partition coefficient (Wildman–Crippen LogP) is 4.62. The number of nitro benzene ring substituents is 1. The van der Waals surface area contributed by atoms with Gasteiger partial charge in [-0.3, -0.25) is 10.1 Å². The van der Waals surface area contributed by atoms with E-state index in [9.17, 15) is 10.1 Å². The third-order valence-electron chi connectivity index (χ3n) is 2.92. The van der Waals surface area contributed by atoms with E-state index in [4.69, 9.17) is 27.7 Å². The fraction of sp³-hybridized carbons (Fsp3) is 0. The summed E-state index contributed by atoms with van der Waals surface area (Å²) < 4.78 is 5.17. The van der Waals surface area contributed by atoms with Crippen molar-refractivity contribution >= 4 is 28.9 Å². The lowest BCUT2D eigenvalue weighted by molar-refractivity contribution is -0.384. The van der Waals surface area contributed by atoms with Gasteiger partial charge in [-0.25, -0.2) is 0 Å². The molecule has 1 heterocycles. The van der Waals surface area contributed by atoms with E-state index in [-0.39, 0.29) is 16.6 Å². The lowest BCUT2D eigenvalue weighted by Crippen LogP contribution is -1.88. The first-order valence-corrected chi connectivity index (χ1v) is 6.84. The van der Waals surface area contributed by atoms with Crippen molar-refractivity contribution in [3.05, 3.63) is 62.6 Å². The minimum Gasteiger partial charge on any atom is -0.334 e. The number of non-ortho nitro benzene ring substituents is 1. The Bertz CT molecular complexity index is 847. The highest BCUT2D eigenvalue weighted by molar-refractivity contribution is 6.33. The Morgan fingerprint density at radius 2 is 1.82 bits per heavy atom. The molecule has 3 rings (SSSR count). The van der Waals surface area contributed by atoms with Crippen molar-refractivity contribution < 1.29 is 9.45 Å². The summed E-state index contributed by atoms with van der Waals surface area (Å²) in [6, 6.07) is 11.0. The first-order valence-electron chi connectivity index (χ1n) is 6.08. The summed E-state index contributed by atoms with van der Waals surface area (Å²) in [5.41, 5.74) is 1.06. The van der Waals surface area contributed by atoms with Crippen molar-refractivity contribution in [3.63, 3.8) is 0 Å². The summed E-state index contributed by atoms with van der Waals surface area (Å²) in [4.78, 5) is 14.4. The Morgan fingerprint density at radius 3 is 2.45 bits per heavy atom. The maximum absolute atomic E-state index is 10.7. The second kappa shape index (κ2) is 5.75. The molecular formula is C14H7Cl2N3O3. The molecule has 110 valence electrons. The van der Waals surface area contributed by atoms with E-state index in [2.05, 4.69) is 10.1 Å². The van der Waals surface area contributed by atoms with Crippen LogP contribution >= 0.6 is 23.2 Å². The number of nitrogens with zero attached hydrogens (tertiary/aromatic N) is 3. The molecule has 0 fully saturated rings. The van der Waals surface area contributed by atoms with Crippen molar-refractivity contribution in [3.8, 4) is 22.8 Å². The van der Waals surface area contributed by atoms with E-state index >= 15 is 0 Å². The molecule has 8 heteroatoms. The molecule has 2 aromatic carbocycles. The molecule has 0 aliphatic heterocycles. The standard InChI is InChI=1S/C14H7Cl2N3O3/c15-9-3-1-8(2-4-9)13-17-14(22-18-13)11-6-5-10(19(20)21)7-12(11)16/h1-7H. The molecular weight excluding hydrogens is 329 g/mol. The molecule has 0 unspecified atom stereocenters. The Balaban J connectivity index is 1.97. The van der Waals surface area contributed by atoms with Crippen molar-refractivity contribution in [1.82, 2.24) is 10.1 Å². The Hall–Kier alpha value is -2.44. The Labute approximate surface area is 134 Å². The molecule has 22 heavy (non-hydrogen) atoms. The lowest BCUT2D eigenvalue weighted by Gasteiger charge is -1.98. The zero-order chi connectivity index (χ0) is 15.7. The van der Waals surface area contributed by atoms with Gasteiger partial charge in [-0.15, -0.1) is 0 Å². The molecule has 3 aromatic rings. The van der Waals surface area contributed by atoms with Crippen LogP contribution in [0.5, 0.6) is 0 Å². The highest BCUT2D eigenvalue weighted by Gasteiger charge is 2.16. The van der Waals surface area contributed by atoms with Crippen LogP contribution < -0.4 is 0 Å². The average molecular weight is 336 g/mol. The number of rotatable bonds is 3. The monoisotopic (exact) mass is 335 g/mol. The number of hydrogen-bond donors (Lipinski definition) is 0. The molecule has 0 saturated heterocycles. The van der Waals surface area contributed by atoms with Gasteiger partial charge in [0.25, 0.3) is 11.6 Å². The first kappa shape index (κ1) is 14.5. The molecule has 0 amide bonds. The highest BCUT2D eigenvalue weighted by Crippen LogP contribution is 2.31. The van der Waals surface area contributed by atoms with Crippen LogP contribution in [0.1, 0.15) is 0 Å². The lowest BCUT2D eigenvalue weighted by atomic mass is 10.2. The fourth-order valence-corrected chi connectivity index (χ4v) is 2.22. The molecule has 0 aliphatic rings. The van der Waals surface area contributed by atoms with E-state index in [1.54, 1.807) is 24.3 Å². The average Bonchev–Trinajstić information content (AvgIpc) is 2.97. The van der Waals surface area contributed by atoms with Crippen LogP contribution in [0, 0.1) is 10.1 Å². The third-order valence-corrected chi connectivity index (χ3v) is 3.49. The molecule has 6 nitrogen and oxygen atoms in total. The van der Waals surface area contributed by atoms with Crippen LogP contribution in [-0.2, 0) is 0 Å². The summed E-state index contributed by atoms with van der Waals surface area (Å²) in [6.45, 7) is 0. The Morgan fingerprint density at radius 1 is 1.09 bits per heavy atom. The van der Waals surface area contributed by atoms with E-state index in [1.165, 1.54) is 18.2 Å². The van der Waals surface area contributed by atoms with E-state index < -0.39 is 4.92 Å². The smallest absolute Gasteiger partial charge is 0.270 e. The van der Waals surface area contributed by atoms with Crippen LogP contribution in [-0.4, -0.2) is 15.1 Å². The maximum Gasteiger partial charge on any atom is 0.270 e. The number of aromatic nitrogens is 2. The summed E-state index contributed by atoms with van der Waals surface area (Å²) in [7, 11) is 0. The van der Waals surface area contributed by atoms with Crippen molar-refractivity contribution in [2.24, 2.45) is 0 Å². The van der Waals surface area contributed by atoms with Gasteiger partial charge in [0.05, 0.1) is 15.5 Å². The van der Waals surface area contributed by atoms with Crippen molar-refractivity contribution in [2.45, 2.75) is 0 Å². The Kier molecular flexibility index (Phi) is 3.79. The zero-order valence-electron chi connectivity index (χ0n) is 10.9. The number of nitro groups is 1. The van der Waals surface area contributed by atoms with E-state index in [0.29, 0.717) is 16.4 Å². The van der Waals surface area contributed by atoms with Crippen LogP contribution in [0.2, 0.25) is 10.0 Å². The second-order valence-corrected chi connectivity index (χ2v) is 5.19. The molecule has 0 atom stereocenters. The summed E-state index contributed by atoms with van der Waals surface area (Å²) >= 11 is 11.9. The summed E-state index contributed by atoms with van der Waals surface area (Å²) in [6.07, 6.45) is 0. The third kappa shape index (κ3) is 2.79.